The molecule has 0 bridgehead atoms. The summed E-state index contributed by atoms with van der Waals surface area (Å²) in [5.74, 6) is -1.51. The molecular weight excluding hydrogens is 410 g/mol. The van der Waals surface area contributed by atoms with E-state index < -0.39 is 22.8 Å². The Morgan fingerprint density at radius 2 is 1.77 bits per heavy atom. The summed E-state index contributed by atoms with van der Waals surface area (Å²) >= 11 is 6.07. The number of benzene rings is 2. The fourth-order valence-corrected chi connectivity index (χ4v) is 5.84. The van der Waals surface area contributed by atoms with Gasteiger partial charge in [-0.3, -0.25) is 0 Å². The van der Waals surface area contributed by atoms with Crippen molar-refractivity contribution in [2.24, 2.45) is 11.8 Å². The minimum Gasteiger partial charge on any atom is -0.490 e. The molecule has 4 atom stereocenters. The van der Waals surface area contributed by atoms with E-state index >= 15 is 4.39 Å². The molecular formula is C24H25ClF2O3. The molecule has 2 aliphatic heterocycles. The Kier molecular flexibility index (Phi) is 4.84. The lowest BCUT2D eigenvalue weighted by Gasteiger charge is -2.56. The van der Waals surface area contributed by atoms with Gasteiger partial charge in [0.1, 0.15) is 5.82 Å². The van der Waals surface area contributed by atoms with E-state index in [2.05, 4.69) is 0 Å². The average molecular weight is 435 g/mol. The second-order valence-electron chi connectivity index (χ2n) is 9.18. The summed E-state index contributed by atoms with van der Waals surface area (Å²) in [4.78, 5) is 0. The highest BCUT2D eigenvalue weighted by Gasteiger charge is 2.57. The summed E-state index contributed by atoms with van der Waals surface area (Å²) in [5, 5.41) is 0.650. The first kappa shape index (κ1) is 20.2. The Labute approximate surface area is 180 Å². The largest absolute Gasteiger partial charge is 0.490 e. The van der Waals surface area contributed by atoms with Gasteiger partial charge in [0.2, 0.25) is 0 Å². The molecule has 1 saturated carbocycles. The van der Waals surface area contributed by atoms with E-state index in [1.165, 1.54) is 6.07 Å². The third-order valence-electron chi connectivity index (χ3n) is 7.03. The highest BCUT2D eigenvalue weighted by molar-refractivity contribution is 6.30. The van der Waals surface area contributed by atoms with E-state index in [-0.39, 0.29) is 23.7 Å². The van der Waals surface area contributed by atoms with Gasteiger partial charge in [-0.05, 0) is 62.9 Å². The molecule has 30 heavy (non-hydrogen) atoms. The maximum atomic E-state index is 15.3. The number of fused-ring (bicyclic) bond motifs is 5. The first-order chi connectivity index (χ1) is 14.3. The summed E-state index contributed by atoms with van der Waals surface area (Å²) in [6, 6.07) is 9.96. The Balaban J connectivity index is 1.62. The van der Waals surface area contributed by atoms with Gasteiger partial charge >= 0.3 is 0 Å². The van der Waals surface area contributed by atoms with Gasteiger partial charge in [-0.2, -0.15) is 0 Å². The summed E-state index contributed by atoms with van der Waals surface area (Å²) < 4.78 is 47.9. The fourth-order valence-electron chi connectivity index (χ4n) is 5.71. The van der Waals surface area contributed by atoms with Crippen molar-refractivity contribution in [2.45, 2.75) is 50.4 Å². The summed E-state index contributed by atoms with van der Waals surface area (Å²) in [6.07, 6.45) is 2.04. The quantitative estimate of drug-likeness (QED) is 0.609. The number of ether oxygens (including phenoxy) is 3. The highest BCUT2D eigenvalue weighted by Crippen LogP contribution is 2.56. The SMILES string of the molecule is CC1(C)OCC2C(CC[C@]3(Cc4ccc(Cl)cc4)c4c(F)ccc(F)c4OC[C@H]23)O1. The van der Waals surface area contributed by atoms with Crippen molar-refractivity contribution >= 4 is 11.6 Å². The molecule has 1 aliphatic carbocycles. The normalized spacial score (nSPS) is 31.8. The van der Waals surface area contributed by atoms with Crippen LogP contribution in [0.15, 0.2) is 36.4 Å². The van der Waals surface area contributed by atoms with Crippen LogP contribution in [0.5, 0.6) is 5.75 Å². The maximum absolute atomic E-state index is 15.3. The Morgan fingerprint density at radius 3 is 2.53 bits per heavy atom. The van der Waals surface area contributed by atoms with Crippen LogP contribution in [-0.2, 0) is 21.3 Å². The fraction of sp³-hybridized carbons (Fsp3) is 0.500. The lowest BCUT2D eigenvalue weighted by molar-refractivity contribution is -0.312. The van der Waals surface area contributed by atoms with Crippen LogP contribution < -0.4 is 4.74 Å². The van der Waals surface area contributed by atoms with Gasteiger partial charge in [0.25, 0.3) is 0 Å². The Bertz CT molecular complexity index is 962. The standard InChI is InChI=1S/C24H25ClF2O3/c1-23(2)29-12-16-17-13-28-22-19(27)8-7-18(26)21(22)24(17,10-9-20(16)30-23)11-14-3-5-15(25)6-4-14/h3-8,16-17,20H,9-13H2,1-2H3/t16?,17-,20?,24-/m1/s1. The van der Waals surface area contributed by atoms with Gasteiger partial charge in [0.05, 0.1) is 19.3 Å². The maximum Gasteiger partial charge on any atom is 0.165 e. The molecule has 5 rings (SSSR count). The van der Waals surface area contributed by atoms with E-state index in [0.29, 0.717) is 36.6 Å². The van der Waals surface area contributed by atoms with E-state index in [4.69, 9.17) is 25.8 Å². The second kappa shape index (κ2) is 7.18. The topological polar surface area (TPSA) is 27.7 Å². The van der Waals surface area contributed by atoms with Gasteiger partial charge in [-0.25, -0.2) is 8.78 Å². The first-order valence-corrected chi connectivity index (χ1v) is 10.8. The highest BCUT2D eigenvalue weighted by atomic mass is 35.5. The number of hydrogen-bond acceptors (Lipinski definition) is 3. The molecule has 2 aromatic carbocycles. The van der Waals surface area contributed by atoms with Crippen molar-refractivity contribution in [3.8, 4) is 5.75 Å². The van der Waals surface area contributed by atoms with Crippen molar-refractivity contribution in [3.63, 3.8) is 0 Å². The molecule has 6 heteroatoms. The van der Waals surface area contributed by atoms with Crippen LogP contribution in [0.3, 0.4) is 0 Å². The summed E-state index contributed by atoms with van der Waals surface area (Å²) in [5.41, 5.74) is 0.803. The van der Waals surface area contributed by atoms with Gasteiger partial charge in [0, 0.05) is 27.8 Å². The lowest BCUT2D eigenvalue weighted by atomic mass is 9.54. The third-order valence-corrected chi connectivity index (χ3v) is 7.29. The van der Waals surface area contributed by atoms with Gasteiger partial charge in [-0.15, -0.1) is 0 Å². The number of hydrogen-bond donors (Lipinski definition) is 0. The third kappa shape index (κ3) is 3.22. The molecule has 0 spiro atoms. The van der Waals surface area contributed by atoms with Crippen LogP contribution in [-0.4, -0.2) is 25.1 Å². The molecule has 0 amide bonds. The van der Waals surface area contributed by atoms with Crippen molar-refractivity contribution in [1.82, 2.24) is 0 Å². The van der Waals surface area contributed by atoms with Crippen LogP contribution in [0.4, 0.5) is 8.78 Å². The monoisotopic (exact) mass is 434 g/mol. The van der Waals surface area contributed by atoms with Crippen molar-refractivity contribution in [2.75, 3.05) is 13.2 Å². The minimum absolute atomic E-state index is 0.0128. The van der Waals surface area contributed by atoms with E-state index in [1.807, 2.05) is 38.1 Å². The molecule has 2 fully saturated rings. The van der Waals surface area contributed by atoms with E-state index in [9.17, 15) is 4.39 Å². The molecule has 1 saturated heterocycles. The molecule has 160 valence electrons. The molecule has 0 radical (unpaired) electrons. The molecule has 0 aromatic heterocycles. The smallest absolute Gasteiger partial charge is 0.165 e. The molecule has 0 N–H and O–H groups in total. The first-order valence-electron chi connectivity index (χ1n) is 10.5. The summed E-state index contributed by atoms with van der Waals surface area (Å²) in [6.45, 7) is 4.66. The summed E-state index contributed by atoms with van der Waals surface area (Å²) in [7, 11) is 0. The number of halogens is 3. The van der Waals surface area contributed by atoms with Crippen molar-refractivity contribution < 1.29 is 23.0 Å². The van der Waals surface area contributed by atoms with Crippen LogP contribution in [0, 0.1) is 23.5 Å². The van der Waals surface area contributed by atoms with Gasteiger partial charge in [-0.1, -0.05) is 23.7 Å². The van der Waals surface area contributed by atoms with Crippen LogP contribution in [0.25, 0.3) is 0 Å². The van der Waals surface area contributed by atoms with Gasteiger partial charge in [0.15, 0.2) is 17.4 Å². The molecule has 3 nitrogen and oxygen atoms in total. The predicted molar refractivity (Wildman–Crippen MR) is 110 cm³/mol. The van der Waals surface area contributed by atoms with E-state index in [0.717, 1.165) is 18.1 Å². The van der Waals surface area contributed by atoms with Crippen LogP contribution in [0.1, 0.15) is 37.8 Å². The lowest BCUT2D eigenvalue weighted by Crippen LogP contribution is -2.60. The molecule has 2 unspecified atom stereocenters. The van der Waals surface area contributed by atoms with Gasteiger partial charge < -0.3 is 14.2 Å². The second-order valence-corrected chi connectivity index (χ2v) is 9.62. The predicted octanol–water partition coefficient (Wildman–Crippen LogP) is 5.67. The zero-order valence-corrected chi connectivity index (χ0v) is 17.8. The molecule has 2 heterocycles. The Hall–Kier alpha value is -1.69. The molecule has 2 aromatic rings. The van der Waals surface area contributed by atoms with Crippen molar-refractivity contribution in [1.29, 1.82) is 0 Å². The average Bonchev–Trinajstić information content (AvgIpc) is 2.71. The Morgan fingerprint density at radius 1 is 1.03 bits per heavy atom. The minimum atomic E-state index is -0.637. The van der Waals surface area contributed by atoms with Crippen molar-refractivity contribution in [3.05, 3.63) is 64.2 Å². The number of rotatable bonds is 2. The zero-order valence-electron chi connectivity index (χ0n) is 17.1. The molecule has 3 aliphatic rings. The van der Waals surface area contributed by atoms with Crippen LogP contribution >= 0.6 is 11.6 Å². The zero-order chi connectivity index (χ0) is 21.1. The van der Waals surface area contributed by atoms with Crippen LogP contribution in [0.2, 0.25) is 5.02 Å². The van der Waals surface area contributed by atoms with E-state index in [1.54, 1.807) is 0 Å².